The average molecular weight is 480 g/mol. The smallest absolute Gasteiger partial charge is 0.389 e. The van der Waals surface area contributed by atoms with Gasteiger partial charge >= 0.3 is 6.18 Å². The summed E-state index contributed by atoms with van der Waals surface area (Å²) in [6.45, 7) is 3.88. The molecule has 33 heavy (non-hydrogen) atoms. The van der Waals surface area contributed by atoms with Crippen LogP contribution in [-0.4, -0.2) is 55.9 Å². The molecule has 2 aliphatic carbocycles. The largest absolute Gasteiger partial charge is 0.490 e. The minimum absolute atomic E-state index is 0.0228. The van der Waals surface area contributed by atoms with Crippen LogP contribution in [0.15, 0.2) is 18.3 Å². The number of pyridine rings is 1. The van der Waals surface area contributed by atoms with Crippen molar-refractivity contribution in [3.8, 4) is 5.75 Å². The lowest BCUT2D eigenvalue weighted by atomic mass is 9.41. The highest BCUT2D eigenvalue weighted by Crippen LogP contribution is 2.68. The van der Waals surface area contributed by atoms with E-state index in [4.69, 9.17) is 4.74 Å². The molecule has 1 spiro atoms. The zero-order valence-corrected chi connectivity index (χ0v) is 18.9. The molecule has 3 aromatic heterocycles. The van der Waals surface area contributed by atoms with Gasteiger partial charge in [0.05, 0.1) is 6.61 Å². The molecule has 1 N–H and O–H groups in total. The first-order chi connectivity index (χ1) is 15.8. The molecule has 1 aliphatic heterocycles. The first-order valence-corrected chi connectivity index (χ1v) is 12.0. The first-order valence-electron chi connectivity index (χ1n) is 11.2. The van der Waals surface area contributed by atoms with Crippen molar-refractivity contribution in [3.63, 3.8) is 0 Å². The molecular formula is C21H24F3N7OS. The number of halogens is 3. The van der Waals surface area contributed by atoms with Crippen molar-refractivity contribution >= 4 is 28.3 Å². The van der Waals surface area contributed by atoms with Gasteiger partial charge in [0.1, 0.15) is 5.82 Å². The number of fused-ring (bicyclic) bond motifs is 1. The van der Waals surface area contributed by atoms with Gasteiger partial charge in [0.25, 0.3) is 0 Å². The number of hydrogen-bond acceptors (Lipinski definition) is 8. The zero-order chi connectivity index (χ0) is 22.8. The SMILES string of the molecule is Cc1nsc(N2C[C@H]3[C@H](Nc4nc5c(OCCCC(F)(F)F)cccn5n4)C4CCC43C2)n1. The Morgan fingerprint density at radius 2 is 2.18 bits per heavy atom. The van der Waals surface area contributed by atoms with Crippen LogP contribution in [0.3, 0.4) is 0 Å². The van der Waals surface area contributed by atoms with Gasteiger partial charge in [0, 0.05) is 49.2 Å². The number of aromatic nitrogens is 5. The average Bonchev–Trinajstić information content (AvgIpc) is 3.45. The number of nitrogens with one attached hydrogen (secondary N) is 1. The van der Waals surface area contributed by atoms with Crippen LogP contribution in [-0.2, 0) is 0 Å². The summed E-state index contributed by atoms with van der Waals surface area (Å²) in [7, 11) is 0. The summed E-state index contributed by atoms with van der Waals surface area (Å²) < 4.78 is 48.7. The molecule has 3 aromatic rings. The molecule has 176 valence electrons. The van der Waals surface area contributed by atoms with Gasteiger partial charge in [-0.05, 0) is 49.7 Å². The molecule has 0 aromatic carbocycles. The highest BCUT2D eigenvalue weighted by atomic mass is 32.1. The maximum Gasteiger partial charge on any atom is 0.389 e. The fourth-order valence-corrected chi connectivity index (χ4v) is 6.57. The molecule has 0 bridgehead atoms. The van der Waals surface area contributed by atoms with Crippen LogP contribution >= 0.6 is 11.5 Å². The van der Waals surface area contributed by atoms with Crippen molar-refractivity contribution in [1.29, 1.82) is 0 Å². The second-order valence-electron chi connectivity index (χ2n) is 9.30. The number of nitrogens with zero attached hydrogens (tertiary/aromatic N) is 6. The van der Waals surface area contributed by atoms with E-state index >= 15 is 0 Å². The summed E-state index contributed by atoms with van der Waals surface area (Å²) in [5.41, 5.74) is 0.854. The summed E-state index contributed by atoms with van der Waals surface area (Å²) in [6.07, 6.45) is -0.940. The summed E-state index contributed by atoms with van der Waals surface area (Å²) in [5, 5.41) is 9.09. The predicted octanol–water partition coefficient (Wildman–Crippen LogP) is 3.94. The van der Waals surface area contributed by atoms with E-state index in [2.05, 4.69) is 29.7 Å². The van der Waals surface area contributed by atoms with Gasteiger partial charge in [-0.1, -0.05) is 0 Å². The van der Waals surface area contributed by atoms with Crippen molar-refractivity contribution in [2.24, 2.45) is 17.3 Å². The van der Waals surface area contributed by atoms with E-state index in [1.807, 2.05) is 6.92 Å². The van der Waals surface area contributed by atoms with Gasteiger partial charge in [-0.2, -0.15) is 22.5 Å². The summed E-state index contributed by atoms with van der Waals surface area (Å²) in [4.78, 5) is 11.5. The van der Waals surface area contributed by atoms with Crippen LogP contribution in [0.4, 0.5) is 24.3 Å². The molecule has 3 fully saturated rings. The van der Waals surface area contributed by atoms with E-state index in [1.165, 1.54) is 24.4 Å². The Morgan fingerprint density at radius 1 is 1.30 bits per heavy atom. The molecular weight excluding hydrogens is 455 g/mol. The van der Waals surface area contributed by atoms with Crippen molar-refractivity contribution in [2.75, 3.05) is 29.9 Å². The molecule has 8 nitrogen and oxygen atoms in total. The van der Waals surface area contributed by atoms with Crippen LogP contribution in [0.5, 0.6) is 5.75 Å². The highest BCUT2D eigenvalue weighted by molar-refractivity contribution is 7.09. The molecule has 0 amide bonds. The Balaban J connectivity index is 1.14. The number of rotatable bonds is 7. The number of hydrogen-bond donors (Lipinski definition) is 1. The third kappa shape index (κ3) is 3.49. The number of ether oxygens (including phenoxy) is 1. The lowest BCUT2D eigenvalue weighted by molar-refractivity contribution is -0.136. The Hall–Kier alpha value is -2.63. The van der Waals surface area contributed by atoms with Crippen molar-refractivity contribution in [1.82, 2.24) is 24.0 Å². The topological polar surface area (TPSA) is 80.5 Å². The summed E-state index contributed by atoms with van der Waals surface area (Å²) in [5.74, 6) is 2.87. The second-order valence-corrected chi connectivity index (χ2v) is 10.0. The molecule has 12 heteroatoms. The number of aryl methyl sites for hydroxylation is 1. The molecule has 3 aliphatic rings. The molecule has 2 unspecified atom stereocenters. The lowest BCUT2D eigenvalue weighted by Gasteiger charge is -2.65. The van der Waals surface area contributed by atoms with Crippen LogP contribution in [0.2, 0.25) is 0 Å². The quantitative estimate of drug-likeness (QED) is 0.514. The predicted molar refractivity (Wildman–Crippen MR) is 117 cm³/mol. The van der Waals surface area contributed by atoms with Gasteiger partial charge < -0.3 is 15.0 Å². The maximum atomic E-state index is 12.4. The minimum atomic E-state index is -4.18. The van der Waals surface area contributed by atoms with E-state index < -0.39 is 12.6 Å². The van der Waals surface area contributed by atoms with E-state index in [-0.39, 0.29) is 13.0 Å². The normalized spacial score (nSPS) is 28.2. The van der Waals surface area contributed by atoms with E-state index in [0.29, 0.717) is 40.6 Å². The standard InChI is InChI=1S/C21H24F3N7OS/c1-12-25-19(33-29-12)30-10-14-16(13-5-7-20(13,14)11-30)26-18-27-17-15(4-2-8-31(17)28-18)32-9-3-6-21(22,23)24/h2,4,8,13-14,16H,3,5-7,9-11H2,1H3,(H,26,28)/t13?,14-,16+,20?/m0/s1. The van der Waals surface area contributed by atoms with Gasteiger partial charge in [-0.15, -0.1) is 5.10 Å². The molecule has 6 rings (SSSR count). The Morgan fingerprint density at radius 3 is 2.91 bits per heavy atom. The van der Waals surface area contributed by atoms with Crippen LogP contribution in [0.1, 0.15) is 31.5 Å². The van der Waals surface area contributed by atoms with Crippen LogP contribution in [0.25, 0.3) is 5.65 Å². The monoisotopic (exact) mass is 479 g/mol. The zero-order valence-electron chi connectivity index (χ0n) is 18.0. The van der Waals surface area contributed by atoms with Crippen LogP contribution < -0.4 is 15.0 Å². The third-order valence-electron chi connectivity index (χ3n) is 7.44. The molecule has 2 saturated carbocycles. The first kappa shape index (κ1) is 20.9. The Labute approximate surface area is 192 Å². The summed E-state index contributed by atoms with van der Waals surface area (Å²) in [6, 6.07) is 3.76. The third-order valence-corrected chi connectivity index (χ3v) is 8.31. The Kier molecular flexibility index (Phi) is 4.72. The highest BCUT2D eigenvalue weighted by Gasteiger charge is 2.70. The number of alkyl halides is 3. The second kappa shape index (κ2) is 7.44. The van der Waals surface area contributed by atoms with Gasteiger partial charge in [0.15, 0.2) is 11.4 Å². The lowest BCUT2D eigenvalue weighted by Crippen LogP contribution is -2.68. The minimum Gasteiger partial charge on any atom is -0.490 e. The fourth-order valence-electron chi connectivity index (χ4n) is 5.89. The summed E-state index contributed by atoms with van der Waals surface area (Å²) >= 11 is 1.46. The maximum absolute atomic E-state index is 12.4. The van der Waals surface area contributed by atoms with Crippen molar-refractivity contribution in [3.05, 3.63) is 24.2 Å². The molecule has 4 heterocycles. The van der Waals surface area contributed by atoms with E-state index in [9.17, 15) is 13.2 Å². The van der Waals surface area contributed by atoms with E-state index in [0.717, 1.165) is 24.0 Å². The fraction of sp³-hybridized carbons (Fsp3) is 0.619. The van der Waals surface area contributed by atoms with Crippen molar-refractivity contribution in [2.45, 2.75) is 44.8 Å². The van der Waals surface area contributed by atoms with Crippen LogP contribution in [0, 0.1) is 24.2 Å². The van der Waals surface area contributed by atoms with Crippen molar-refractivity contribution < 1.29 is 17.9 Å². The van der Waals surface area contributed by atoms with E-state index in [1.54, 1.807) is 22.8 Å². The molecule has 0 radical (unpaired) electrons. The van der Waals surface area contributed by atoms with Gasteiger partial charge in [-0.3, -0.25) is 0 Å². The molecule has 1 saturated heterocycles. The number of anilines is 2. The van der Waals surface area contributed by atoms with Gasteiger partial charge in [0.2, 0.25) is 11.1 Å². The van der Waals surface area contributed by atoms with Gasteiger partial charge in [-0.25, -0.2) is 9.50 Å². The Bertz CT molecular complexity index is 1180. The molecule has 4 atom stereocenters.